The third-order valence-electron chi connectivity index (χ3n) is 3.01. The molecule has 1 aliphatic rings. The van der Waals surface area contributed by atoms with E-state index in [0.29, 0.717) is 5.82 Å². The van der Waals surface area contributed by atoms with Crippen LogP contribution in [0.5, 0.6) is 0 Å². The van der Waals surface area contributed by atoms with Crippen LogP contribution < -0.4 is 10.6 Å². The second-order valence-electron chi connectivity index (χ2n) is 4.16. The molecule has 7 heteroatoms. The van der Waals surface area contributed by atoms with E-state index in [1.165, 1.54) is 0 Å². The highest BCUT2D eigenvalue weighted by atomic mass is 16.5. The van der Waals surface area contributed by atoms with E-state index in [0.717, 1.165) is 42.9 Å². The van der Waals surface area contributed by atoms with Gasteiger partial charge in [-0.05, 0) is 0 Å². The van der Waals surface area contributed by atoms with Gasteiger partial charge in [0.15, 0.2) is 11.6 Å². The third-order valence-corrected chi connectivity index (χ3v) is 3.01. The topological polar surface area (TPSA) is 102 Å². The first-order chi connectivity index (χ1) is 9.77. The van der Waals surface area contributed by atoms with E-state index in [1.54, 1.807) is 0 Å². The van der Waals surface area contributed by atoms with Crippen molar-refractivity contribution in [2.24, 2.45) is 0 Å². The fraction of sp³-hybridized carbons (Fsp3) is 0.308. The predicted octanol–water partition coefficient (Wildman–Crippen LogP) is 0.749. The molecule has 3 N–H and O–H groups in total. The van der Waals surface area contributed by atoms with Crippen LogP contribution in [0.3, 0.4) is 0 Å². The van der Waals surface area contributed by atoms with Crippen LogP contribution in [0.25, 0.3) is 10.8 Å². The van der Waals surface area contributed by atoms with Gasteiger partial charge in [0.25, 0.3) is 6.47 Å². The smallest absolute Gasteiger partial charge is 0.290 e. The molecule has 1 aliphatic heterocycles. The van der Waals surface area contributed by atoms with E-state index in [4.69, 9.17) is 20.4 Å². The Morgan fingerprint density at radius 1 is 1.20 bits per heavy atom. The highest BCUT2D eigenvalue weighted by Gasteiger charge is 2.16. The molecule has 20 heavy (non-hydrogen) atoms. The number of carboxylic acid groups (broad SMARTS) is 1. The number of nitrogens with two attached hydrogens (primary N) is 1. The largest absolute Gasteiger partial charge is 0.483 e. The molecule has 0 atom stereocenters. The lowest BCUT2D eigenvalue weighted by molar-refractivity contribution is -0.122. The van der Waals surface area contributed by atoms with Crippen molar-refractivity contribution in [3.63, 3.8) is 0 Å². The second kappa shape index (κ2) is 6.67. The first-order valence-corrected chi connectivity index (χ1v) is 6.19. The fourth-order valence-corrected chi connectivity index (χ4v) is 2.12. The lowest BCUT2D eigenvalue weighted by atomic mass is 10.1. The summed E-state index contributed by atoms with van der Waals surface area (Å²) >= 11 is 0. The number of rotatable bonds is 1. The highest BCUT2D eigenvalue weighted by Crippen LogP contribution is 2.27. The van der Waals surface area contributed by atoms with E-state index in [9.17, 15) is 0 Å². The molecular weight excluding hydrogens is 260 g/mol. The summed E-state index contributed by atoms with van der Waals surface area (Å²) in [5, 5.41) is 17.2. The quantitative estimate of drug-likeness (QED) is 0.741. The monoisotopic (exact) mass is 276 g/mol. The Kier molecular flexibility index (Phi) is 4.67. The average molecular weight is 276 g/mol. The number of fused-ring (bicyclic) bond motifs is 1. The summed E-state index contributed by atoms with van der Waals surface area (Å²) in [4.78, 5) is 10.6. The van der Waals surface area contributed by atoms with Gasteiger partial charge in [-0.3, -0.25) is 4.79 Å². The Morgan fingerprint density at radius 3 is 2.45 bits per heavy atom. The van der Waals surface area contributed by atoms with Crippen molar-refractivity contribution in [3.8, 4) is 0 Å². The van der Waals surface area contributed by atoms with Crippen molar-refractivity contribution < 1.29 is 14.6 Å². The fourth-order valence-electron chi connectivity index (χ4n) is 2.12. The molecular formula is C13H16N4O3. The number of morpholine rings is 1. The molecule has 0 unspecified atom stereocenters. The van der Waals surface area contributed by atoms with E-state index in [1.807, 2.05) is 24.3 Å². The van der Waals surface area contributed by atoms with Crippen LogP contribution in [0.4, 0.5) is 11.6 Å². The molecule has 0 aliphatic carbocycles. The van der Waals surface area contributed by atoms with Gasteiger partial charge in [0.1, 0.15) is 0 Å². The molecule has 3 rings (SSSR count). The SMILES string of the molecule is Nc1nnc(N2CCOCC2)c2ccccc12.O=CO. The Bertz CT molecular complexity index is 585. The first kappa shape index (κ1) is 14.0. The number of anilines is 2. The maximum absolute atomic E-state index is 8.36. The molecule has 0 spiro atoms. The summed E-state index contributed by atoms with van der Waals surface area (Å²) in [7, 11) is 0. The van der Waals surface area contributed by atoms with Gasteiger partial charge in [-0.2, -0.15) is 0 Å². The van der Waals surface area contributed by atoms with Crippen molar-refractivity contribution in [1.82, 2.24) is 10.2 Å². The number of ether oxygens (including phenoxy) is 1. The Labute approximate surface area is 116 Å². The second-order valence-corrected chi connectivity index (χ2v) is 4.16. The molecule has 0 radical (unpaired) electrons. The Hall–Kier alpha value is -2.41. The van der Waals surface area contributed by atoms with Gasteiger partial charge in [-0.15, -0.1) is 10.2 Å². The van der Waals surface area contributed by atoms with Crippen LogP contribution >= 0.6 is 0 Å². The van der Waals surface area contributed by atoms with Crippen LogP contribution in [0.2, 0.25) is 0 Å². The summed E-state index contributed by atoms with van der Waals surface area (Å²) in [5.41, 5.74) is 5.84. The number of nitrogen functional groups attached to an aromatic ring is 1. The van der Waals surface area contributed by atoms with Gasteiger partial charge in [-0.1, -0.05) is 24.3 Å². The van der Waals surface area contributed by atoms with Crippen molar-refractivity contribution in [1.29, 1.82) is 0 Å². The molecule has 1 aromatic carbocycles. The van der Waals surface area contributed by atoms with E-state index < -0.39 is 0 Å². The zero-order valence-corrected chi connectivity index (χ0v) is 10.9. The minimum Gasteiger partial charge on any atom is -0.483 e. The van der Waals surface area contributed by atoms with Crippen LogP contribution in [0, 0.1) is 0 Å². The summed E-state index contributed by atoms with van der Waals surface area (Å²) in [5.74, 6) is 1.38. The van der Waals surface area contributed by atoms with E-state index in [-0.39, 0.29) is 6.47 Å². The average Bonchev–Trinajstić information content (AvgIpc) is 2.50. The van der Waals surface area contributed by atoms with Gasteiger partial charge < -0.3 is 20.5 Å². The Morgan fingerprint density at radius 2 is 1.80 bits per heavy atom. The number of hydrogen-bond acceptors (Lipinski definition) is 6. The molecule has 2 aromatic rings. The van der Waals surface area contributed by atoms with Crippen molar-refractivity contribution in [2.45, 2.75) is 0 Å². The molecule has 0 saturated carbocycles. The van der Waals surface area contributed by atoms with E-state index in [2.05, 4.69) is 15.1 Å². The van der Waals surface area contributed by atoms with Crippen LogP contribution in [0.1, 0.15) is 0 Å². The van der Waals surface area contributed by atoms with Gasteiger partial charge in [0.2, 0.25) is 0 Å². The summed E-state index contributed by atoms with van der Waals surface area (Å²) in [6, 6.07) is 7.96. The van der Waals surface area contributed by atoms with Crippen LogP contribution in [-0.4, -0.2) is 48.1 Å². The van der Waals surface area contributed by atoms with Crippen molar-refractivity contribution in [2.75, 3.05) is 36.9 Å². The predicted molar refractivity (Wildman–Crippen MR) is 75.7 cm³/mol. The minimum absolute atomic E-state index is 0.250. The molecule has 2 heterocycles. The number of aromatic nitrogens is 2. The normalized spacial score (nSPS) is 14.5. The van der Waals surface area contributed by atoms with Gasteiger partial charge in [0.05, 0.1) is 13.2 Å². The summed E-state index contributed by atoms with van der Waals surface area (Å²) < 4.78 is 5.34. The molecule has 1 saturated heterocycles. The number of benzene rings is 1. The summed E-state index contributed by atoms with van der Waals surface area (Å²) in [6.07, 6.45) is 0. The third kappa shape index (κ3) is 2.94. The van der Waals surface area contributed by atoms with Crippen molar-refractivity contribution in [3.05, 3.63) is 24.3 Å². The molecule has 0 amide bonds. The molecule has 7 nitrogen and oxygen atoms in total. The Balaban J connectivity index is 0.000000452. The van der Waals surface area contributed by atoms with Crippen LogP contribution in [-0.2, 0) is 9.53 Å². The van der Waals surface area contributed by atoms with E-state index >= 15 is 0 Å². The lowest BCUT2D eigenvalue weighted by Crippen LogP contribution is -2.37. The molecule has 1 fully saturated rings. The molecule has 0 bridgehead atoms. The lowest BCUT2D eigenvalue weighted by Gasteiger charge is -2.28. The molecule has 1 aromatic heterocycles. The first-order valence-electron chi connectivity index (χ1n) is 6.19. The summed E-state index contributed by atoms with van der Waals surface area (Å²) in [6.45, 7) is 2.92. The maximum atomic E-state index is 8.36. The zero-order valence-electron chi connectivity index (χ0n) is 10.9. The van der Waals surface area contributed by atoms with Gasteiger partial charge in [-0.25, -0.2) is 0 Å². The zero-order chi connectivity index (χ0) is 14.4. The molecule has 106 valence electrons. The van der Waals surface area contributed by atoms with Crippen molar-refractivity contribution >= 4 is 28.9 Å². The maximum Gasteiger partial charge on any atom is 0.290 e. The standard InChI is InChI=1S/C12H14N4O.CH2O2/c13-11-9-3-1-2-4-10(9)12(15-14-11)16-5-7-17-8-6-16;2-1-3/h1-4H,5-8H2,(H2,13,14);1H,(H,2,3). The van der Waals surface area contributed by atoms with Gasteiger partial charge in [0, 0.05) is 23.9 Å². The minimum atomic E-state index is -0.250. The number of hydrogen-bond donors (Lipinski definition) is 2. The highest BCUT2D eigenvalue weighted by molar-refractivity contribution is 5.97. The van der Waals surface area contributed by atoms with Gasteiger partial charge >= 0.3 is 0 Å². The van der Waals surface area contributed by atoms with Crippen LogP contribution in [0.15, 0.2) is 24.3 Å². The number of nitrogens with zero attached hydrogens (tertiary/aromatic N) is 3. The number of carbonyl (C=O) groups is 1.